The number of nitrogens with zero attached hydrogens (tertiary/aromatic N) is 2. The van der Waals surface area contributed by atoms with Gasteiger partial charge in [-0.15, -0.1) is 0 Å². The van der Waals surface area contributed by atoms with Gasteiger partial charge in [0.05, 0.1) is 12.6 Å². The van der Waals surface area contributed by atoms with Crippen LogP contribution in [0.5, 0.6) is 0 Å². The Morgan fingerprint density at radius 2 is 2.00 bits per heavy atom. The van der Waals surface area contributed by atoms with Crippen LogP contribution in [0.25, 0.3) is 0 Å². The number of hydrogen-bond acceptors (Lipinski definition) is 3. The molecule has 21 heavy (non-hydrogen) atoms. The number of benzene rings is 1. The van der Waals surface area contributed by atoms with Gasteiger partial charge < -0.3 is 14.6 Å². The van der Waals surface area contributed by atoms with Gasteiger partial charge in [-0.05, 0) is 37.5 Å². The molecule has 1 heterocycles. The number of methoxy groups -OCH3 is 1. The second-order valence-corrected chi connectivity index (χ2v) is 5.36. The monoisotopic (exact) mass is 291 g/mol. The Hall–Kier alpha value is -1.88. The van der Waals surface area contributed by atoms with E-state index in [-0.39, 0.29) is 11.9 Å². The molecule has 0 spiro atoms. The smallest absolute Gasteiger partial charge is 0.203 e. The standard InChI is InChI=1S/C16H22FN3O/c1-11-7-14(8-12(2)15(11)17)9-19-16-18-5-6-20(16)13(3)10-21-4/h5-8,13H,9-10H2,1-4H3,(H,18,19). The number of aryl methyl sites for hydroxylation is 2. The number of aromatic nitrogens is 2. The molecular formula is C16H22FN3O. The SMILES string of the molecule is COCC(C)n1ccnc1NCc1cc(C)c(F)c(C)c1. The Bertz CT molecular complexity index is 586. The molecule has 1 atom stereocenters. The van der Waals surface area contributed by atoms with Crippen molar-refractivity contribution in [3.8, 4) is 0 Å². The molecule has 0 aliphatic carbocycles. The molecular weight excluding hydrogens is 269 g/mol. The lowest BCUT2D eigenvalue weighted by atomic mass is 10.1. The molecule has 2 aromatic rings. The number of rotatable bonds is 6. The fourth-order valence-electron chi connectivity index (χ4n) is 2.45. The third-order valence-electron chi connectivity index (χ3n) is 3.50. The highest BCUT2D eigenvalue weighted by Crippen LogP contribution is 2.17. The molecule has 1 N–H and O–H groups in total. The van der Waals surface area contributed by atoms with Crippen LogP contribution in [-0.2, 0) is 11.3 Å². The maximum Gasteiger partial charge on any atom is 0.203 e. The molecule has 2 rings (SSSR count). The third kappa shape index (κ3) is 3.61. The van der Waals surface area contributed by atoms with E-state index in [1.54, 1.807) is 27.2 Å². The first kappa shape index (κ1) is 15.5. The minimum atomic E-state index is -0.131. The van der Waals surface area contributed by atoms with Gasteiger partial charge in [0.2, 0.25) is 5.95 Å². The predicted molar refractivity (Wildman–Crippen MR) is 82.0 cm³/mol. The fraction of sp³-hybridized carbons (Fsp3) is 0.438. The van der Waals surface area contributed by atoms with Crippen LogP contribution in [0, 0.1) is 19.7 Å². The molecule has 0 saturated heterocycles. The number of ether oxygens (including phenoxy) is 1. The van der Waals surface area contributed by atoms with Gasteiger partial charge in [-0.2, -0.15) is 0 Å². The Labute approximate surface area is 125 Å². The summed E-state index contributed by atoms with van der Waals surface area (Å²) in [4.78, 5) is 4.32. The molecule has 1 aromatic heterocycles. The highest BCUT2D eigenvalue weighted by atomic mass is 19.1. The minimum Gasteiger partial charge on any atom is -0.383 e. The van der Waals surface area contributed by atoms with Crippen LogP contribution >= 0.6 is 0 Å². The van der Waals surface area contributed by atoms with Gasteiger partial charge in [0.25, 0.3) is 0 Å². The van der Waals surface area contributed by atoms with Crippen molar-refractivity contribution in [2.24, 2.45) is 0 Å². The van der Waals surface area contributed by atoms with Gasteiger partial charge in [0.15, 0.2) is 0 Å². The second kappa shape index (κ2) is 6.72. The molecule has 0 fully saturated rings. The van der Waals surface area contributed by atoms with Crippen molar-refractivity contribution in [1.29, 1.82) is 0 Å². The molecule has 1 unspecified atom stereocenters. The number of halogens is 1. The maximum absolute atomic E-state index is 13.6. The van der Waals surface area contributed by atoms with Crippen molar-refractivity contribution in [2.45, 2.75) is 33.4 Å². The first-order valence-electron chi connectivity index (χ1n) is 7.04. The average molecular weight is 291 g/mol. The number of anilines is 1. The molecule has 0 saturated carbocycles. The van der Waals surface area contributed by atoms with E-state index >= 15 is 0 Å². The highest BCUT2D eigenvalue weighted by molar-refractivity contribution is 5.34. The van der Waals surface area contributed by atoms with Gasteiger partial charge in [0, 0.05) is 26.0 Å². The predicted octanol–water partition coefficient (Wildman–Crippen LogP) is 3.46. The Morgan fingerprint density at radius 3 is 2.62 bits per heavy atom. The Morgan fingerprint density at radius 1 is 1.33 bits per heavy atom. The lowest BCUT2D eigenvalue weighted by molar-refractivity contribution is 0.163. The van der Waals surface area contributed by atoms with Gasteiger partial charge in [-0.3, -0.25) is 0 Å². The second-order valence-electron chi connectivity index (χ2n) is 5.36. The summed E-state index contributed by atoms with van der Waals surface area (Å²) in [6.07, 6.45) is 3.68. The van der Waals surface area contributed by atoms with Crippen LogP contribution < -0.4 is 5.32 Å². The van der Waals surface area contributed by atoms with E-state index in [0.717, 1.165) is 11.5 Å². The lowest BCUT2D eigenvalue weighted by Crippen LogP contribution is -2.14. The molecule has 0 aliphatic heterocycles. The van der Waals surface area contributed by atoms with Crippen LogP contribution in [0.3, 0.4) is 0 Å². The molecule has 0 radical (unpaired) electrons. The van der Waals surface area contributed by atoms with Crippen molar-refractivity contribution >= 4 is 5.95 Å². The van der Waals surface area contributed by atoms with Crippen molar-refractivity contribution < 1.29 is 9.13 Å². The fourth-order valence-corrected chi connectivity index (χ4v) is 2.45. The number of nitrogens with one attached hydrogen (secondary N) is 1. The quantitative estimate of drug-likeness (QED) is 0.886. The van der Waals surface area contributed by atoms with E-state index in [1.165, 1.54) is 0 Å². The maximum atomic E-state index is 13.6. The summed E-state index contributed by atoms with van der Waals surface area (Å²) < 4.78 is 20.8. The molecule has 5 heteroatoms. The molecule has 114 valence electrons. The third-order valence-corrected chi connectivity index (χ3v) is 3.50. The van der Waals surface area contributed by atoms with E-state index in [2.05, 4.69) is 17.2 Å². The van der Waals surface area contributed by atoms with Crippen molar-refractivity contribution in [3.63, 3.8) is 0 Å². The van der Waals surface area contributed by atoms with Crippen LogP contribution in [0.15, 0.2) is 24.5 Å². The number of hydrogen-bond donors (Lipinski definition) is 1. The van der Waals surface area contributed by atoms with E-state index in [9.17, 15) is 4.39 Å². The first-order chi connectivity index (χ1) is 10.0. The molecule has 0 aliphatic rings. The topological polar surface area (TPSA) is 39.1 Å². The summed E-state index contributed by atoms with van der Waals surface area (Å²) in [5, 5.41) is 3.30. The Balaban J connectivity index is 2.09. The Kier molecular flexibility index (Phi) is 4.96. The van der Waals surface area contributed by atoms with Gasteiger partial charge in [0.1, 0.15) is 5.82 Å². The van der Waals surface area contributed by atoms with Crippen molar-refractivity contribution in [1.82, 2.24) is 9.55 Å². The summed E-state index contributed by atoms with van der Waals surface area (Å²) in [5.41, 5.74) is 2.38. The van der Waals surface area contributed by atoms with Crippen LogP contribution in [0.2, 0.25) is 0 Å². The zero-order valence-corrected chi connectivity index (χ0v) is 13.0. The van der Waals surface area contributed by atoms with Crippen molar-refractivity contribution in [3.05, 3.63) is 47.0 Å². The largest absolute Gasteiger partial charge is 0.383 e. The molecule has 0 bridgehead atoms. The van der Waals surface area contributed by atoms with E-state index in [0.29, 0.717) is 24.3 Å². The number of imidazole rings is 1. The van der Waals surface area contributed by atoms with Gasteiger partial charge >= 0.3 is 0 Å². The summed E-state index contributed by atoms with van der Waals surface area (Å²) in [7, 11) is 1.69. The van der Waals surface area contributed by atoms with Crippen molar-refractivity contribution in [2.75, 3.05) is 19.0 Å². The zero-order valence-electron chi connectivity index (χ0n) is 13.0. The summed E-state index contributed by atoms with van der Waals surface area (Å²) >= 11 is 0. The van der Waals surface area contributed by atoms with Gasteiger partial charge in [-0.1, -0.05) is 12.1 Å². The first-order valence-corrected chi connectivity index (χ1v) is 7.04. The van der Waals surface area contributed by atoms with E-state index in [4.69, 9.17) is 4.74 Å². The van der Waals surface area contributed by atoms with E-state index < -0.39 is 0 Å². The zero-order chi connectivity index (χ0) is 15.4. The van der Waals surface area contributed by atoms with Crippen LogP contribution in [-0.4, -0.2) is 23.3 Å². The summed E-state index contributed by atoms with van der Waals surface area (Å²) in [5.74, 6) is 0.660. The van der Waals surface area contributed by atoms with Gasteiger partial charge in [-0.25, -0.2) is 9.37 Å². The van der Waals surface area contributed by atoms with E-state index in [1.807, 2.05) is 22.9 Å². The normalized spacial score (nSPS) is 12.4. The van der Waals surface area contributed by atoms with Crippen LogP contribution in [0.4, 0.5) is 10.3 Å². The summed E-state index contributed by atoms with van der Waals surface area (Å²) in [6.45, 7) is 6.88. The minimum absolute atomic E-state index is 0.131. The molecule has 4 nitrogen and oxygen atoms in total. The highest BCUT2D eigenvalue weighted by Gasteiger charge is 2.10. The molecule has 0 amide bonds. The van der Waals surface area contributed by atoms with Crippen LogP contribution in [0.1, 0.15) is 29.7 Å². The lowest BCUT2D eigenvalue weighted by Gasteiger charge is -2.16. The average Bonchev–Trinajstić information content (AvgIpc) is 2.91. The molecule has 1 aromatic carbocycles. The summed E-state index contributed by atoms with van der Waals surface area (Å²) in [6, 6.07) is 3.93.